The summed E-state index contributed by atoms with van der Waals surface area (Å²) < 4.78 is 0. The SMILES string of the molecule is CCC(C)NC(=O)CN1C(=O)CNC(C)C1=O. The fourth-order valence-electron chi connectivity index (χ4n) is 1.51. The van der Waals surface area contributed by atoms with Crippen molar-refractivity contribution in [3.05, 3.63) is 0 Å². The van der Waals surface area contributed by atoms with Crippen LogP contribution in [0, 0.1) is 0 Å². The summed E-state index contributed by atoms with van der Waals surface area (Å²) in [7, 11) is 0. The van der Waals surface area contributed by atoms with Crippen LogP contribution < -0.4 is 10.6 Å². The lowest BCUT2D eigenvalue weighted by Gasteiger charge is -2.29. The van der Waals surface area contributed by atoms with Gasteiger partial charge in [-0.2, -0.15) is 0 Å². The monoisotopic (exact) mass is 241 g/mol. The number of nitrogens with one attached hydrogen (secondary N) is 2. The first-order valence-corrected chi connectivity index (χ1v) is 5.82. The maximum absolute atomic E-state index is 11.7. The third kappa shape index (κ3) is 3.52. The van der Waals surface area contributed by atoms with Crippen LogP contribution in [-0.4, -0.2) is 47.8 Å². The number of hydrogen-bond acceptors (Lipinski definition) is 4. The van der Waals surface area contributed by atoms with Gasteiger partial charge in [0.05, 0.1) is 12.6 Å². The van der Waals surface area contributed by atoms with Gasteiger partial charge in [-0.05, 0) is 20.3 Å². The molecule has 6 nitrogen and oxygen atoms in total. The summed E-state index contributed by atoms with van der Waals surface area (Å²) >= 11 is 0. The molecule has 0 saturated carbocycles. The Morgan fingerprint density at radius 2 is 2.24 bits per heavy atom. The molecule has 1 aliphatic rings. The van der Waals surface area contributed by atoms with E-state index in [4.69, 9.17) is 0 Å². The fraction of sp³-hybridized carbons (Fsp3) is 0.727. The van der Waals surface area contributed by atoms with Crippen molar-refractivity contribution in [2.75, 3.05) is 13.1 Å². The number of nitrogens with zero attached hydrogens (tertiary/aromatic N) is 1. The highest BCUT2D eigenvalue weighted by molar-refractivity contribution is 6.03. The van der Waals surface area contributed by atoms with Gasteiger partial charge < -0.3 is 5.32 Å². The van der Waals surface area contributed by atoms with E-state index in [-0.39, 0.29) is 36.9 Å². The Kier molecular flexibility index (Phi) is 4.62. The van der Waals surface area contributed by atoms with Crippen LogP contribution in [0.5, 0.6) is 0 Å². The summed E-state index contributed by atoms with van der Waals surface area (Å²) in [6.45, 7) is 5.42. The lowest BCUT2D eigenvalue weighted by atomic mass is 10.2. The normalized spacial score (nSPS) is 22.5. The summed E-state index contributed by atoms with van der Waals surface area (Å²) in [5, 5.41) is 5.49. The largest absolute Gasteiger partial charge is 0.352 e. The van der Waals surface area contributed by atoms with Gasteiger partial charge in [-0.1, -0.05) is 6.92 Å². The highest BCUT2D eigenvalue weighted by Gasteiger charge is 2.32. The Morgan fingerprint density at radius 1 is 1.59 bits per heavy atom. The Morgan fingerprint density at radius 3 is 2.82 bits per heavy atom. The maximum Gasteiger partial charge on any atom is 0.246 e. The lowest BCUT2D eigenvalue weighted by molar-refractivity contribution is -0.151. The number of carbonyl (C=O) groups excluding carboxylic acids is 3. The molecule has 1 saturated heterocycles. The molecule has 1 rings (SSSR count). The zero-order chi connectivity index (χ0) is 13.0. The van der Waals surface area contributed by atoms with E-state index in [9.17, 15) is 14.4 Å². The molecule has 0 aromatic carbocycles. The standard InChI is InChI=1S/C11H19N3O3/c1-4-7(2)13-9(15)6-14-10(16)5-12-8(3)11(14)17/h7-8,12H,4-6H2,1-3H3,(H,13,15). The first kappa shape index (κ1) is 13.6. The zero-order valence-electron chi connectivity index (χ0n) is 10.4. The second-order valence-electron chi connectivity index (χ2n) is 4.30. The predicted molar refractivity (Wildman–Crippen MR) is 62.1 cm³/mol. The van der Waals surface area contributed by atoms with Crippen LogP contribution in [0.15, 0.2) is 0 Å². The third-order valence-corrected chi connectivity index (χ3v) is 2.82. The van der Waals surface area contributed by atoms with Crippen molar-refractivity contribution in [3.8, 4) is 0 Å². The molecule has 0 bridgehead atoms. The highest BCUT2D eigenvalue weighted by Crippen LogP contribution is 2.02. The maximum atomic E-state index is 11.7. The molecule has 0 aromatic heterocycles. The summed E-state index contributed by atoms with van der Waals surface area (Å²) in [6, 6.07) is -0.364. The minimum Gasteiger partial charge on any atom is -0.352 e. The van der Waals surface area contributed by atoms with Crippen LogP contribution in [0.2, 0.25) is 0 Å². The topological polar surface area (TPSA) is 78.5 Å². The van der Waals surface area contributed by atoms with Gasteiger partial charge in [-0.25, -0.2) is 0 Å². The van der Waals surface area contributed by atoms with Gasteiger partial charge in [0.1, 0.15) is 6.54 Å². The third-order valence-electron chi connectivity index (χ3n) is 2.82. The number of piperazine rings is 1. The quantitative estimate of drug-likeness (QED) is 0.635. The summed E-state index contributed by atoms with van der Waals surface area (Å²) in [5.41, 5.74) is 0. The zero-order valence-corrected chi connectivity index (χ0v) is 10.4. The molecule has 1 heterocycles. The van der Waals surface area contributed by atoms with E-state index in [1.807, 2.05) is 13.8 Å². The molecule has 1 fully saturated rings. The van der Waals surface area contributed by atoms with Crippen LogP contribution in [0.3, 0.4) is 0 Å². The van der Waals surface area contributed by atoms with E-state index in [2.05, 4.69) is 10.6 Å². The van der Waals surface area contributed by atoms with Gasteiger partial charge in [0.25, 0.3) is 0 Å². The molecule has 2 atom stereocenters. The smallest absolute Gasteiger partial charge is 0.246 e. The molecule has 0 radical (unpaired) electrons. The first-order valence-electron chi connectivity index (χ1n) is 5.82. The van der Waals surface area contributed by atoms with Gasteiger partial charge in [0.2, 0.25) is 17.7 Å². The number of carbonyl (C=O) groups is 3. The fourth-order valence-corrected chi connectivity index (χ4v) is 1.51. The highest BCUT2D eigenvalue weighted by atomic mass is 16.2. The number of imide groups is 1. The molecule has 0 spiro atoms. The first-order chi connectivity index (χ1) is 7.95. The lowest BCUT2D eigenvalue weighted by Crippen LogP contribution is -2.59. The second-order valence-corrected chi connectivity index (χ2v) is 4.30. The molecule has 0 aromatic rings. The van der Waals surface area contributed by atoms with Crippen molar-refractivity contribution in [1.82, 2.24) is 15.5 Å². The van der Waals surface area contributed by atoms with Crippen LogP contribution >= 0.6 is 0 Å². The predicted octanol–water partition coefficient (Wildman–Crippen LogP) is -0.752. The Bertz CT molecular complexity index is 330. The molecule has 2 N–H and O–H groups in total. The van der Waals surface area contributed by atoms with Gasteiger partial charge in [-0.3, -0.25) is 24.6 Å². The number of amides is 3. The van der Waals surface area contributed by atoms with E-state index in [0.717, 1.165) is 11.3 Å². The van der Waals surface area contributed by atoms with Crippen LogP contribution in [0.4, 0.5) is 0 Å². The number of hydrogen-bond donors (Lipinski definition) is 2. The van der Waals surface area contributed by atoms with Crippen molar-refractivity contribution in [3.63, 3.8) is 0 Å². The van der Waals surface area contributed by atoms with Crippen LogP contribution in [-0.2, 0) is 14.4 Å². The molecule has 1 aliphatic heterocycles. The van der Waals surface area contributed by atoms with Crippen molar-refractivity contribution >= 4 is 17.7 Å². The molecular weight excluding hydrogens is 222 g/mol. The number of rotatable bonds is 4. The summed E-state index contributed by atoms with van der Waals surface area (Å²) in [5.74, 6) is -0.997. The van der Waals surface area contributed by atoms with Gasteiger partial charge in [0, 0.05) is 6.04 Å². The average Bonchev–Trinajstić information content (AvgIpc) is 2.29. The van der Waals surface area contributed by atoms with Crippen molar-refractivity contribution in [2.24, 2.45) is 0 Å². The second kappa shape index (κ2) is 5.77. The van der Waals surface area contributed by atoms with Crippen LogP contribution in [0.1, 0.15) is 27.2 Å². The molecule has 6 heteroatoms. The van der Waals surface area contributed by atoms with Crippen LogP contribution in [0.25, 0.3) is 0 Å². The van der Waals surface area contributed by atoms with E-state index < -0.39 is 6.04 Å². The van der Waals surface area contributed by atoms with E-state index in [1.165, 1.54) is 0 Å². The van der Waals surface area contributed by atoms with Crippen molar-refractivity contribution < 1.29 is 14.4 Å². The van der Waals surface area contributed by atoms with E-state index in [0.29, 0.717) is 0 Å². The van der Waals surface area contributed by atoms with Gasteiger partial charge in [0.15, 0.2) is 0 Å². The Balaban J connectivity index is 2.56. The average molecular weight is 241 g/mol. The summed E-state index contributed by atoms with van der Waals surface area (Å²) in [6.07, 6.45) is 0.811. The Hall–Kier alpha value is -1.43. The van der Waals surface area contributed by atoms with Gasteiger partial charge >= 0.3 is 0 Å². The van der Waals surface area contributed by atoms with E-state index in [1.54, 1.807) is 6.92 Å². The minimum absolute atomic E-state index is 0.0491. The molecule has 96 valence electrons. The summed E-state index contributed by atoms with van der Waals surface area (Å²) in [4.78, 5) is 35.8. The van der Waals surface area contributed by atoms with E-state index >= 15 is 0 Å². The molecular formula is C11H19N3O3. The molecule has 2 unspecified atom stereocenters. The van der Waals surface area contributed by atoms with Gasteiger partial charge in [-0.15, -0.1) is 0 Å². The molecule has 3 amide bonds. The molecule has 17 heavy (non-hydrogen) atoms. The Labute approximate surface area is 101 Å². The van der Waals surface area contributed by atoms with Crippen molar-refractivity contribution in [2.45, 2.75) is 39.3 Å². The minimum atomic E-state index is -0.413. The molecule has 0 aliphatic carbocycles. The van der Waals surface area contributed by atoms with Crippen molar-refractivity contribution in [1.29, 1.82) is 0 Å².